The predicted octanol–water partition coefficient (Wildman–Crippen LogP) is 0.893. The summed E-state index contributed by atoms with van der Waals surface area (Å²) in [6.07, 6.45) is 1.76. The average molecular weight is 643 g/mol. The van der Waals surface area contributed by atoms with E-state index in [-0.39, 0.29) is 11.9 Å². The molecule has 2 aliphatic rings. The van der Waals surface area contributed by atoms with Crippen molar-refractivity contribution in [1.29, 1.82) is 0 Å². The number of ether oxygens (including phenoxy) is 2. The molecule has 2 atom stereocenters. The van der Waals surface area contributed by atoms with E-state index < -0.39 is 35.5 Å². The van der Waals surface area contributed by atoms with Crippen LogP contribution in [0.5, 0.6) is 11.5 Å². The Labute approximate surface area is 270 Å². The van der Waals surface area contributed by atoms with E-state index in [9.17, 15) is 14.4 Å². The molecule has 14 N–H and O–H groups in total. The van der Waals surface area contributed by atoms with Crippen LogP contribution < -0.4 is 49.8 Å². The molecule has 2 amide bonds. The smallest absolute Gasteiger partial charge is 0.340 e. The second-order valence-electron chi connectivity index (χ2n) is 11.2. The van der Waals surface area contributed by atoms with E-state index in [1.165, 1.54) is 0 Å². The van der Waals surface area contributed by atoms with Crippen LogP contribution in [0, 0.1) is 0 Å². The number of carbonyl (C=O) groups excluding carboxylic acids is 3. The number of nitrogens with zero attached hydrogens (tertiary/aromatic N) is 2. The maximum Gasteiger partial charge on any atom is 0.340 e. The first-order chi connectivity index (χ1) is 22.5. The minimum absolute atomic E-state index is 0.0268. The topological polar surface area (TPSA) is 275 Å². The lowest BCUT2D eigenvalue weighted by molar-refractivity contribution is -0.118. The van der Waals surface area contributed by atoms with Gasteiger partial charge in [0.25, 0.3) is 0 Å². The van der Waals surface area contributed by atoms with Crippen LogP contribution in [0.15, 0.2) is 70.6 Å². The zero-order valence-electron chi connectivity index (χ0n) is 25.6. The van der Waals surface area contributed by atoms with Crippen LogP contribution in [0.3, 0.4) is 0 Å². The Bertz CT molecular complexity index is 1660. The third-order valence-corrected chi connectivity index (χ3v) is 7.86. The maximum absolute atomic E-state index is 13.2. The first kappa shape index (κ1) is 32.7. The van der Waals surface area contributed by atoms with Gasteiger partial charge in [0, 0.05) is 53.3 Å². The van der Waals surface area contributed by atoms with Gasteiger partial charge in [0.2, 0.25) is 11.8 Å². The maximum atomic E-state index is 13.2. The van der Waals surface area contributed by atoms with Crippen molar-refractivity contribution in [2.75, 3.05) is 23.7 Å². The van der Waals surface area contributed by atoms with Crippen LogP contribution in [-0.4, -0.2) is 54.9 Å². The number of hydrogen-bond donors (Lipinski definition) is 8. The molecule has 2 heterocycles. The highest BCUT2D eigenvalue weighted by Crippen LogP contribution is 2.56. The molecule has 0 fully saturated rings. The molecule has 5 rings (SSSR count). The highest BCUT2D eigenvalue weighted by atomic mass is 16.6. The van der Waals surface area contributed by atoms with Gasteiger partial charge in [0.05, 0.1) is 17.6 Å². The van der Waals surface area contributed by atoms with Gasteiger partial charge in [-0.2, -0.15) is 0 Å². The van der Waals surface area contributed by atoms with Crippen molar-refractivity contribution in [3.05, 3.63) is 82.9 Å². The predicted molar refractivity (Wildman–Crippen MR) is 178 cm³/mol. The molecule has 246 valence electrons. The Morgan fingerprint density at radius 1 is 0.723 bits per heavy atom. The quantitative estimate of drug-likeness (QED) is 0.0594. The third-order valence-electron chi connectivity index (χ3n) is 7.86. The number of nitrogens with two attached hydrogens (primary N) is 6. The zero-order chi connectivity index (χ0) is 33.7. The van der Waals surface area contributed by atoms with Gasteiger partial charge >= 0.3 is 5.97 Å². The van der Waals surface area contributed by atoms with E-state index in [4.69, 9.17) is 43.9 Å². The Kier molecular flexibility index (Phi) is 9.58. The summed E-state index contributed by atoms with van der Waals surface area (Å²) in [5.41, 5.74) is 35.2. The largest absolute Gasteiger partial charge is 0.456 e. The van der Waals surface area contributed by atoms with Gasteiger partial charge in [-0.1, -0.05) is 18.2 Å². The third kappa shape index (κ3) is 6.95. The first-order valence-corrected chi connectivity index (χ1v) is 15.0. The average Bonchev–Trinajstić information content (AvgIpc) is 3.33. The van der Waals surface area contributed by atoms with E-state index >= 15 is 0 Å². The Balaban J connectivity index is 1.42. The number of guanidine groups is 2. The summed E-state index contributed by atoms with van der Waals surface area (Å²) in [6.45, 7) is 0.705. The number of fused-ring (bicyclic) bond motifs is 6. The summed E-state index contributed by atoms with van der Waals surface area (Å²) in [7, 11) is 0. The molecule has 1 spiro atoms. The van der Waals surface area contributed by atoms with E-state index in [1.54, 1.807) is 48.5 Å². The fraction of sp³-hybridized carbons (Fsp3) is 0.281. The molecular formula is C32H38N10O5. The molecule has 0 saturated heterocycles. The Hall–Kier alpha value is -5.67. The molecular weight excluding hydrogens is 604 g/mol. The van der Waals surface area contributed by atoms with Crippen molar-refractivity contribution in [2.24, 2.45) is 44.4 Å². The Morgan fingerprint density at radius 2 is 1.21 bits per heavy atom. The molecule has 0 aliphatic carbocycles. The number of benzene rings is 3. The molecule has 3 aromatic carbocycles. The molecule has 3 aromatic rings. The molecule has 0 saturated carbocycles. The number of carbonyl (C=O) groups is 3. The zero-order valence-corrected chi connectivity index (χ0v) is 25.6. The first-order valence-electron chi connectivity index (χ1n) is 15.0. The fourth-order valence-corrected chi connectivity index (χ4v) is 5.60. The van der Waals surface area contributed by atoms with Crippen molar-refractivity contribution in [2.45, 2.75) is 43.4 Å². The van der Waals surface area contributed by atoms with Crippen molar-refractivity contribution >= 4 is 41.1 Å². The van der Waals surface area contributed by atoms with E-state index in [0.717, 1.165) is 0 Å². The van der Waals surface area contributed by atoms with E-state index in [0.29, 0.717) is 83.9 Å². The van der Waals surface area contributed by atoms with Gasteiger partial charge in [-0.15, -0.1) is 0 Å². The lowest BCUT2D eigenvalue weighted by atomic mass is 9.77. The summed E-state index contributed by atoms with van der Waals surface area (Å²) >= 11 is 0. The molecule has 2 aliphatic heterocycles. The van der Waals surface area contributed by atoms with Gasteiger partial charge in [0.1, 0.15) is 11.5 Å². The van der Waals surface area contributed by atoms with Gasteiger partial charge < -0.3 is 54.5 Å². The molecule has 0 bridgehead atoms. The van der Waals surface area contributed by atoms with Crippen LogP contribution in [0.4, 0.5) is 11.4 Å². The summed E-state index contributed by atoms with van der Waals surface area (Å²) in [5.74, 6) is -0.688. The molecule has 0 unspecified atom stereocenters. The molecule has 47 heavy (non-hydrogen) atoms. The van der Waals surface area contributed by atoms with Crippen LogP contribution in [0.1, 0.15) is 52.7 Å². The number of nitrogens with one attached hydrogen (secondary N) is 2. The van der Waals surface area contributed by atoms with Crippen molar-refractivity contribution in [3.63, 3.8) is 0 Å². The van der Waals surface area contributed by atoms with Gasteiger partial charge in [-0.3, -0.25) is 19.6 Å². The van der Waals surface area contributed by atoms with Gasteiger partial charge in [0.15, 0.2) is 17.5 Å². The summed E-state index contributed by atoms with van der Waals surface area (Å²) in [5, 5.41) is 5.64. The van der Waals surface area contributed by atoms with Crippen LogP contribution >= 0.6 is 0 Å². The van der Waals surface area contributed by atoms with Crippen molar-refractivity contribution < 1.29 is 23.9 Å². The van der Waals surface area contributed by atoms with E-state index in [1.807, 2.05) is 12.1 Å². The molecule has 15 nitrogen and oxygen atoms in total. The number of aliphatic imine (C=N–C) groups is 2. The minimum atomic E-state index is -1.34. The number of rotatable bonds is 12. The highest BCUT2D eigenvalue weighted by Gasteiger charge is 2.53. The molecule has 0 radical (unpaired) electrons. The van der Waals surface area contributed by atoms with E-state index in [2.05, 4.69) is 20.6 Å². The van der Waals surface area contributed by atoms with Crippen LogP contribution in [0.25, 0.3) is 0 Å². The second kappa shape index (κ2) is 13.8. The normalized spacial score (nSPS) is 14.7. The summed E-state index contributed by atoms with van der Waals surface area (Å²) in [6, 6.07) is 15.6. The summed E-state index contributed by atoms with van der Waals surface area (Å²) in [4.78, 5) is 46.7. The van der Waals surface area contributed by atoms with Crippen molar-refractivity contribution in [3.8, 4) is 11.5 Å². The van der Waals surface area contributed by atoms with Crippen LogP contribution in [0.2, 0.25) is 0 Å². The minimum Gasteiger partial charge on any atom is -0.456 e. The second-order valence-corrected chi connectivity index (χ2v) is 11.2. The number of hydrogen-bond acceptors (Lipinski definition) is 9. The molecule has 0 aromatic heterocycles. The molecule has 15 heteroatoms. The standard InChI is InChI=1S/C32H38N10O5/c33-23(7-3-13-39-30(35)36)27(43)41-17-9-11-21-25(15-17)46-26-16-18(42-28(44)24(34)8-4-14-40-31(37)38)10-12-22(26)32(21)20-6-2-1-5-19(20)29(45)47-32/h1-2,5-6,9-12,15-16,23-24H,3-4,7-8,13-14,33-34H2,(H,41,43)(H,42,44)(H4,35,36,39)(H4,37,38,40)/t23-,24-/m0/s1. The SMILES string of the molecule is NC(N)=NCCC[C@H](N)C(=O)Nc1ccc2c(c1)Oc1cc(NC(=O)[C@@H](N)CCCN=C(N)N)ccc1C21OC(=O)c2ccccc21. The Morgan fingerprint density at radius 3 is 1.70 bits per heavy atom. The number of anilines is 2. The van der Waals surface area contributed by atoms with Crippen molar-refractivity contribution in [1.82, 2.24) is 0 Å². The monoisotopic (exact) mass is 642 g/mol. The number of amides is 2. The number of esters is 1. The highest BCUT2D eigenvalue weighted by molar-refractivity contribution is 5.98. The summed E-state index contributed by atoms with van der Waals surface area (Å²) < 4.78 is 12.5. The van der Waals surface area contributed by atoms with Crippen LogP contribution in [-0.2, 0) is 19.9 Å². The lowest BCUT2D eigenvalue weighted by Gasteiger charge is -2.37. The fourth-order valence-electron chi connectivity index (χ4n) is 5.60. The lowest BCUT2D eigenvalue weighted by Crippen LogP contribution is -2.36. The van der Waals surface area contributed by atoms with Gasteiger partial charge in [-0.05, 0) is 56.0 Å². The van der Waals surface area contributed by atoms with Gasteiger partial charge in [-0.25, -0.2) is 4.79 Å².